The lowest BCUT2D eigenvalue weighted by atomic mass is 10.0. The summed E-state index contributed by atoms with van der Waals surface area (Å²) in [7, 11) is 0. The minimum absolute atomic E-state index is 0.496. The van der Waals surface area contributed by atoms with Crippen molar-refractivity contribution >= 4 is 5.95 Å². The molecule has 0 aliphatic rings. The number of aromatic nitrogens is 2. The number of hydrogen-bond acceptors (Lipinski definition) is 2. The number of nitrogens with two attached hydrogens (primary N) is 1. The maximum absolute atomic E-state index is 5.60. The monoisotopic (exact) mass is 201 g/mol. The van der Waals surface area contributed by atoms with Gasteiger partial charge in [0.2, 0.25) is 0 Å². The predicted octanol–water partition coefficient (Wildman–Crippen LogP) is 2.20. The Morgan fingerprint density at radius 1 is 1.27 bits per heavy atom. The number of H-pyrrole nitrogens is 1. The molecule has 0 unspecified atom stereocenters. The van der Waals surface area contributed by atoms with Gasteiger partial charge in [0.1, 0.15) is 0 Å². The number of aryl methyl sites for hydroxylation is 2. The molecule has 0 spiro atoms. The molecule has 1 aromatic heterocycles. The van der Waals surface area contributed by atoms with Crippen LogP contribution in [0.3, 0.4) is 0 Å². The van der Waals surface area contributed by atoms with Gasteiger partial charge in [-0.1, -0.05) is 24.3 Å². The SMILES string of the molecule is Cc1ccccc1Cc1nc(N)[nH]c1C. The van der Waals surface area contributed by atoms with Crippen LogP contribution >= 0.6 is 0 Å². The van der Waals surface area contributed by atoms with Crippen molar-refractivity contribution < 1.29 is 0 Å². The summed E-state index contributed by atoms with van der Waals surface area (Å²) in [6.07, 6.45) is 0.839. The second kappa shape index (κ2) is 3.77. The minimum Gasteiger partial charge on any atom is -0.369 e. The van der Waals surface area contributed by atoms with Crippen LogP contribution in [0.2, 0.25) is 0 Å². The number of anilines is 1. The van der Waals surface area contributed by atoms with Crippen LogP contribution in [0.4, 0.5) is 5.95 Å². The number of nitrogen functional groups attached to an aromatic ring is 1. The van der Waals surface area contributed by atoms with E-state index >= 15 is 0 Å². The fourth-order valence-corrected chi connectivity index (χ4v) is 1.68. The topological polar surface area (TPSA) is 54.7 Å². The summed E-state index contributed by atoms with van der Waals surface area (Å²) >= 11 is 0. The van der Waals surface area contributed by atoms with Crippen molar-refractivity contribution in [2.24, 2.45) is 0 Å². The highest BCUT2D eigenvalue weighted by Gasteiger charge is 2.06. The van der Waals surface area contributed by atoms with E-state index in [1.54, 1.807) is 0 Å². The highest BCUT2D eigenvalue weighted by molar-refractivity contribution is 5.33. The van der Waals surface area contributed by atoms with Gasteiger partial charge in [0.25, 0.3) is 0 Å². The lowest BCUT2D eigenvalue weighted by Gasteiger charge is -2.03. The van der Waals surface area contributed by atoms with Gasteiger partial charge in [0, 0.05) is 12.1 Å². The number of nitrogens with one attached hydrogen (secondary N) is 1. The Morgan fingerprint density at radius 2 is 2.00 bits per heavy atom. The van der Waals surface area contributed by atoms with Crippen LogP contribution in [0.1, 0.15) is 22.5 Å². The number of aromatic amines is 1. The van der Waals surface area contributed by atoms with Gasteiger partial charge in [0.15, 0.2) is 5.95 Å². The number of benzene rings is 1. The van der Waals surface area contributed by atoms with Gasteiger partial charge in [0.05, 0.1) is 5.69 Å². The third-order valence-electron chi connectivity index (χ3n) is 2.62. The van der Waals surface area contributed by atoms with E-state index in [0.717, 1.165) is 17.8 Å². The molecule has 0 saturated heterocycles. The van der Waals surface area contributed by atoms with Gasteiger partial charge in [-0.05, 0) is 25.0 Å². The van der Waals surface area contributed by atoms with E-state index in [1.807, 2.05) is 19.1 Å². The quantitative estimate of drug-likeness (QED) is 0.782. The first-order chi connectivity index (χ1) is 7.16. The molecule has 0 radical (unpaired) electrons. The van der Waals surface area contributed by atoms with Crippen molar-refractivity contribution in [3.8, 4) is 0 Å². The van der Waals surface area contributed by atoms with E-state index < -0.39 is 0 Å². The lowest BCUT2D eigenvalue weighted by molar-refractivity contribution is 1.06. The van der Waals surface area contributed by atoms with Crippen molar-refractivity contribution in [3.63, 3.8) is 0 Å². The highest BCUT2D eigenvalue weighted by atomic mass is 15.0. The highest BCUT2D eigenvalue weighted by Crippen LogP contribution is 2.15. The number of rotatable bonds is 2. The second-order valence-corrected chi connectivity index (χ2v) is 3.80. The van der Waals surface area contributed by atoms with Crippen LogP contribution in [0.25, 0.3) is 0 Å². The molecular weight excluding hydrogens is 186 g/mol. The van der Waals surface area contributed by atoms with Crippen molar-refractivity contribution in [1.29, 1.82) is 0 Å². The summed E-state index contributed by atoms with van der Waals surface area (Å²) < 4.78 is 0. The Labute approximate surface area is 89.4 Å². The molecule has 1 aromatic carbocycles. The fourth-order valence-electron chi connectivity index (χ4n) is 1.68. The maximum Gasteiger partial charge on any atom is 0.197 e. The summed E-state index contributed by atoms with van der Waals surface area (Å²) in [6, 6.07) is 8.33. The van der Waals surface area contributed by atoms with Gasteiger partial charge in [-0.2, -0.15) is 0 Å². The van der Waals surface area contributed by atoms with Gasteiger partial charge >= 0.3 is 0 Å². The molecule has 15 heavy (non-hydrogen) atoms. The number of hydrogen-bond donors (Lipinski definition) is 2. The molecule has 3 nitrogen and oxygen atoms in total. The Kier molecular flexibility index (Phi) is 2.46. The van der Waals surface area contributed by atoms with Crippen molar-refractivity contribution in [3.05, 3.63) is 46.8 Å². The molecule has 0 aliphatic heterocycles. The zero-order valence-electron chi connectivity index (χ0n) is 9.04. The summed E-state index contributed by atoms with van der Waals surface area (Å²) in [4.78, 5) is 7.28. The van der Waals surface area contributed by atoms with E-state index in [0.29, 0.717) is 5.95 Å². The molecule has 0 atom stereocenters. The molecule has 3 N–H and O–H groups in total. The van der Waals surface area contributed by atoms with Crippen molar-refractivity contribution in [2.45, 2.75) is 20.3 Å². The largest absolute Gasteiger partial charge is 0.369 e. The van der Waals surface area contributed by atoms with Crippen LogP contribution < -0.4 is 5.73 Å². The Hall–Kier alpha value is -1.77. The van der Waals surface area contributed by atoms with Crippen LogP contribution in [-0.4, -0.2) is 9.97 Å². The average Bonchev–Trinajstić information content (AvgIpc) is 2.49. The smallest absolute Gasteiger partial charge is 0.197 e. The van der Waals surface area contributed by atoms with Gasteiger partial charge < -0.3 is 10.7 Å². The maximum atomic E-state index is 5.60. The van der Waals surface area contributed by atoms with Crippen LogP contribution in [0, 0.1) is 13.8 Å². The zero-order valence-corrected chi connectivity index (χ0v) is 9.04. The molecule has 2 aromatic rings. The van der Waals surface area contributed by atoms with Gasteiger partial charge in [-0.3, -0.25) is 0 Å². The predicted molar refractivity (Wildman–Crippen MR) is 61.7 cm³/mol. The third-order valence-corrected chi connectivity index (χ3v) is 2.62. The van der Waals surface area contributed by atoms with Crippen LogP contribution in [0.5, 0.6) is 0 Å². The molecule has 78 valence electrons. The summed E-state index contributed by atoms with van der Waals surface area (Å²) in [5.41, 5.74) is 10.3. The van der Waals surface area contributed by atoms with E-state index in [-0.39, 0.29) is 0 Å². The molecule has 0 fully saturated rings. The van der Waals surface area contributed by atoms with Crippen LogP contribution in [-0.2, 0) is 6.42 Å². The Balaban J connectivity index is 2.29. The molecule has 2 rings (SSSR count). The molecule has 0 saturated carbocycles. The number of imidazole rings is 1. The van der Waals surface area contributed by atoms with Crippen molar-refractivity contribution in [2.75, 3.05) is 5.73 Å². The van der Waals surface area contributed by atoms with Gasteiger partial charge in [-0.15, -0.1) is 0 Å². The molecule has 0 bridgehead atoms. The average molecular weight is 201 g/mol. The van der Waals surface area contributed by atoms with Gasteiger partial charge in [-0.25, -0.2) is 4.98 Å². The van der Waals surface area contributed by atoms with E-state index in [2.05, 4.69) is 29.0 Å². The first-order valence-corrected chi connectivity index (χ1v) is 5.02. The summed E-state index contributed by atoms with van der Waals surface area (Å²) in [6.45, 7) is 4.11. The van der Waals surface area contributed by atoms with E-state index in [1.165, 1.54) is 11.1 Å². The summed E-state index contributed by atoms with van der Waals surface area (Å²) in [5, 5.41) is 0. The molecule has 0 aliphatic carbocycles. The Morgan fingerprint density at radius 3 is 2.60 bits per heavy atom. The molecular formula is C12H15N3. The van der Waals surface area contributed by atoms with E-state index in [4.69, 9.17) is 5.73 Å². The minimum atomic E-state index is 0.496. The number of nitrogens with zero attached hydrogens (tertiary/aromatic N) is 1. The normalized spacial score (nSPS) is 10.5. The first-order valence-electron chi connectivity index (χ1n) is 5.02. The Bertz CT molecular complexity index is 471. The molecule has 1 heterocycles. The standard InChI is InChI=1S/C12H15N3/c1-8-5-3-4-6-10(8)7-11-9(2)14-12(13)15-11/h3-6H,7H2,1-2H3,(H3,13,14,15). The second-order valence-electron chi connectivity index (χ2n) is 3.80. The summed E-state index contributed by atoms with van der Waals surface area (Å²) in [5.74, 6) is 0.496. The lowest BCUT2D eigenvalue weighted by Crippen LogP contribution is -1.94. The van der Waals surface area contributed by atoms with Crippen LogP contribution in [0.15, 0.2) is 24.3 Å². The van der Waals surface area contributed by atoms with Crippen molar-refractivity contribution in [1.82, 2.24) is 9.97 Å². The zero-order chi connectivity index (χ0) is 10.8. The molecule has 3 heteroatoms. The molecule has 0 amide bonds. The fraction of sp³-hybridized carbons (Fsp3) is 0.250. The van der Waals surface area contributed by atoms with E-state index in [9.17, 15) is 0 Å². The third kappa shape index (κ3) is 2.01. The first kappa shape index (κ1) is 9.77.